The second-order valence-electron chi connectivity index (χ2n) is 8.59. The minimum atomic E-state index is -1.24. The maximum Gasteiger partial charge on any atom is 0.413 e. The highest BCUT2D eigenvalue weighted by molar-refractivity contribution is 6.30. The van der Waals surface area contributed by atoms with E-state index < -0.39 is 28.9 Å². The van der Waals surface area contributed by atoms with E-state index in [1.54, 1.807) is 20.8 Å². The Hall–Kier alpha value is -3.07. The van der Waals surface area contributed by atoms with Gasteiger partial charge in [-0.05, 0) is 44.9 Å². The predicted molar refractivity (Wildman–Crippen MR) is 118 cm³/mol. The fraction of sp³-hybridized carbons (Fsp3) is 0.409. The van der Waals surface area contributed by atoms with Gasteiger partial charge in [0.25, 0.3) is 11.5 Å². The zero-order valence-electron chi connectivity index (χ0n) is 18.5. The summed E-state index contributed by atoms with van der Waals surface area (Å²) in [6.45, 7) is 5.53. The number of amides is 2. The van der Waals surface area contributed by atoms with Crippen molar-refractivity contribution in [2.75, 3.05) is 18.6 Å². The third kappa shape index (κ3) is 4.04. The third-order valence-electron chi connectivity index (χ3n) is 5.38. The molecule has 1 aliphatic heterocycles. The molecule has 0 aliphatic carbocycles. The summed E-state index contributed by atoms with van der Waals surface area (Å²) in [5.74, 6) is -1.03. The summed E-state index contributed by atoms with van der Waals surface area (Å²) < 4.78 is 20.0. The first-order valence-corrected chi connectivity index (χ1v) is 10.3. The van der Waals surface area contributed by atoms with Gasteiger partial charge in [-0.3, -0.25) is 19.1 Å². The summed E-state index contributed by atoms with van der Waals surface area (Å²) in [5.41, 5.74) is -0.390. The average molecular weight is 466 g/mol. The normalized spacial score (nSPS) is 13.7. The molecule has 1 N–H and O–H groups in total. The van der Waals surface area contributed by atoms with Crippen LogP contribution in [0.4, 0.5) is 15.0 Å². The molecule has 172 valence electrons. The van der Waals surface area contributed by atoms with Gasteiger partial charge in [-0.1, -0.05) is 17.7 Å². The molecule has 0 radical (unpaired) electrons. The first kappa shape index (κ1) is 23.6. The molecule has 0 spiro atoms. The summed E-state index contributed by atoms with van der Waals surface area (Å²) in [6, 6.07) is 4.20. The molecule has 0 saturated carbocycles. The predicted octanol–water partition coefficient (Wildman–Crippen LogP) is 3.67. The van der Waals surface area contributed by atoms with Crippen LogP contribution in [-0.4, -0.2) is 45.8 Å². The van der Waals surface area contributed by atoms with E-state index in [1.165, 1.54) is 41.8 Å². The Bertz CT molecular complexity index is 1160. The summed E-state index contributed by atoms with van der Waals surface area (Å²) in [4.78, 5) is 41.2. The van der Waals surface area contributed by atoms with Crippen LogP contribution in [0.5, 0.6) is 5.75 Å². The zero-order valence-corrected chi connectivity index (χ0v) is 19.3. The first-order valence-electron chi connectivity index (χ1n) is 9.94. The van der Waals surface area contributed by atoms with Gasteiger partial charge >= 0.3 is 6.09 Å². The summed E-state index contributed by atoms with van der Waals surface area (Å²) in [5, 5.41) is 9.86. The minimum absolute atomic E-state index is 0.0422. The molecule has 0 bridgehead atoms. The van der Waals surface area contributed by atoms with E-state index in [0.717, 1.165) is 4.90 Å². The number of benzene rings is 1. The fourth-order valence-electron chi connectivity index (χ4n) is 3.95. The zero-order chi connectivity index (χ0) is 24.0. The van der Waals surface area contributed by atoms with Crippen molar-refractivity contribution in [3.05, 3.63) is 56.1 Å². The van der Waals surface area contributed by atoms with Crippen molar-refractivity contribution >= 4 is 29.4 Å². The molecule has 0 saturated heterocycles. The van der Waals surface area contributed by atoms with Crippen molar-refractivity contribution in [3.63, 3.8) is 0 Å². The number of ether oxygens (including phenoxy) is 1. The van der Waals surface area contributed by atoms with Gasteiger partial charge < -0.3 is 14.7 Å². The van der Waals surface area contributed by atoms with Gasteiger partial charge in [-0.25, -0.2) is 9.18 Å². The van der Waals surface area contributed by atoms with E-state index in [2.05, 4.69) is 0 Å². The van der Waals surface area contributed by atoms with Crippen LogP contribution in [0.15, 0.2) is 23.0 Å². The van der Waals surface area contributed by atoms with Crippen LogP contribution in [0.2, 0.25) is 5.02 Å². The SMILES string of the molecule is COc1c2c(c(N(C(=O)O)C(C)(C)C)n(C)c1=O)CCN(Cc1ccc(F)c(Cl)c1)C2=O. The molecule has 2 amide bonds. The molecular formula is C22H25ClFN3O5. The third-order valence-corrected chi connectivity index (χ3v) is 5.67. The summed E-state index contributed by atoms with van der Waals surface area (Å²) >= 11 is 5.86. The molecule has 0 atom stereocenters. The van der Waals surface area contributed by atoms with Crippen molar-refractivity contribution in [2.45, 2.75) is 39.3 Å². The number of pyridine rings is 1. The van der Waals surface area contributed by atoms with Gasteiger partial charge in [-0.2, -0.15) is 0 Å². The number of fused-ring (bicyclic) bond motifs is 1. The highest BCUT2D eigenvalue weighted by Gasteiger charge is 2.39. The molecular weight excluding hydrogens is 441 g/mol. The lowest BCUT2D eigenvalue weighted by molar-refractivity contribution is 0.0721. The van der Waals surface area contributed by atoms with E-state index in [4.69, 9.17) is 16.3 Å². The number of hydrogen-bond acceptors (Lipinski definition) is 4. The van der Waals surface area contributed by atoms with Crippen molar-refractivity contribution in [1.29, 1.82) is 0 Å². The van der Waals surface area contributed by atoms with Crippen molar-refractivity contribution in [2.24, 2.45) is 7.05 Å². The number of aromatic nitrogens is 1. The molecule has 32 heavy (non-hydrogen) atoms. The van der Waals surface area contributed by atoms with Gasteiger partial charge in [0, 0.05) is 31.2 Å². The topological polar surface area (TPSA) is 92.1 Å². The number of carbonyl (C=O) groups is 2. The smallest absolute Gasteiger partial charge is 0.413 e. The van der Waals surface area contributed by atoms with Crippen LogP contribution in [0.25, 0.3) is 0 Å². The molecule has 1 aromatic carbocycles. The monoisotopic (exact) mass is 465 g/mol. The van der Waals surface area contributed by atoms with Crippen molar-refractivity contribution in [1.82, 2.24) is 9.47 Å². The van der Waals surface area contributed by atoms with E-state index in [9.17, 15) is 23.9 Å². The van der Waals surface area contributed by atoms with Gasteiger partial charge in [0.05, 0.1) is 17.7 Å². The van der Waals surface area contributed by atoms with Gasteiger partial charge in [-0.15, -0.1) is 0 Å². The number of methoxy groups -OCH3 is 1. The standard InChI is InChI=1S/C22H25ClFN3O5/c1-22(2,3)27(21(30)31)18-13-8-9-26(11-12-6-7-15(24)14(23)10-12)19(28)16(13)17(32-5)20(29)25(18)4/h6-7,10H,8-9,11H2,1-5H3,(H,30,31). The molecule has 10 heteroatoms. The number of hydrogen-bond donors (Lipinski definition) is 1. The number of halogens is 2. The molecule has 1 aliphatic rings. The largest absolute Gasteiger partial charge is 0.490 e. The van der Waals surface area contributed by atoms with E-state index >= 15 is 0 Å². The van der Waals surface area contributed by atoms with Gasteiger partial charge in [0.15, 0.2) is 5.75 Å². The maximum atomic E-state index is 13.5. The van der Waals surface area contributed by atoms with Gasteiger partial charge in [0.1, 0.15) is 11.6 Å². The van der Waals surface area contributed by atoms with E-state index in [0.29, 0.717) is 17.5 Å². The second-order valence-corrected chi connectivity index (χ2v) is 9.00. The molecule has 0 fully saturated rings. The number of anilines is 1. The summed E-state index contributed by atoms with van der Waals surface area (Å²) in [7, 11) is 2.75. The molecule has 2 heterocycles. The second kappa shape index (κ2) is 8.46. The van der Waals surface area contributed by atoms with Crippen molar-refractivity contribution in [3.8, 4) is 5.75 Å². The van der Waals surface area contributed by atoms with Crippen LogP contribution in [-0.2, 0) is 20.0 Å². The Kier molecular flexibility index (Phi) is 6.24. The van der Waals surface area contributed by atoms with Crippen LogP contribution >= 0.6 is 11.6 Å². The number of carboxylic acid groups (broad SMARTS) is 1. The average Bonchev–Trinajstić information content (AvgIpc) is 2.69. The molecule has 1 aromatic heterocycles. The Morgan fingerprint density at radius 3 is 2.50 bits per heavy atom. The van der Waals surface area contributed by atoms with Crippen LogP contribution in [0, 0.1) is 5.82 Å². The Morgan fingerprint density at radius 2 is 1.97 bits per heavy atom. The van der Waals surface area contributed by atoms with Gasteiger partial charge in [0.2, 0.25) is 0 Å². The number of rotatable bonds is 4. The Labute approximate surface area is 189 Å². The molecule has 3 rings (SSSR count). The quantitative estimate of drug-likeness (QED) is 0.743. The summed E-state index contributed by atoms with van der Waals surface area (Å²) in [6.07, 6.45) is -0.939. The Morgan fingerprint density at radius 1 is 1.31 bits per heavy atom. The lowest BCUT2D eigenvalue weighted by Gasteiger charge is -2.38. The van der Waals surface area contributed by atoms with Crippen LogP contribution in [0.3, 0.4) is 0 Å². The fourth-order valence-corrected chi connectivity index (χ4v) is 4.16. The van der Waals surface area contributed by atoms with Crippen molar-refractivity contribution < 1.29 is 23.8 Å². The van der Waals surface area contributed by atoms with E-state index in [1.807, 2.05) is 0 Å². The molecule has 0 unspecified atom stereocenters. The Balaban J connectivity index is 2.16. The highest BCUT2D eigenvalue weighted by atomic mass is 35.5. The highest BCUT2D eigenvalue weighted by Crippen LogP contribution is 2.36. The lowest BCUT2D eigenvalue weighted by atomic mass is 9.96. The first-order chi connectivity index (χ1) is 14.9. The van der Waals surface area contributed by atoms with Crippen LogP contribution < -0.4 is 15.2 Å². The molecule has 2 aromatic rings. The van der Waals surface area contributed by atoms with Crippen LogP contribution in [0.1, 0.15) is 42.3 Å². The van der Waals surface area contributed by atoms with E-state index in [-0.39, 0.29) is 35.2 Å². The minimum Gasteiger partial charge on any atom is -0.490 e. The maximum absolute atomic E-state index is 13.5. The lowest BCUT2D eigenvalue weighted by Crippen LogP contribution is -2.49. The number of carbonyl (C=O) groups excluding carboxylic acids is 1. The number of nitrogens with zero attached hydrogens (tertiary/aromatic N) is 3. The molecule has 8 nitrogen and oxygen atoms in total.